The van der Waals surface area contributed by atoms with E-state index in [-0.39, 0.29) is 60.5 Å². The molecule has 4 amide bonds. The van der Waals surface area contributed by atoms with E-state index >= 15 is 0 Å². The van der Waals surface area contributed by atoms with Crippen LogP contribution in [0, 0.1) is 34.5 Å². The van der Waals surface area contributed by atoms with Gasteiger partial charge in [-0.1, -0.05) is 84.9 Å². The number of aryl methyl sites for hydroxylation is 1. The number of piperazine rings is 1. The lowest BCUT2D eigenvalue weighted by Crippen LogP contribution is -2.74. The minimum Gasteiger partial charge on any atom is -0.489 e. The summed E-state index contributed by atoms with van der Waals surface area (Å²) < 4.78 is 53.0. The van der Waals surface area contributed by atoms with Crippen molar-refractivity contribution in [3.63, 3.8) is 0 Å². The molecule has 4 fully saturated rings. The highest BCUT2D eigenvalue weighted by atomic mass is 32.1. The molecule has 1 unspecified atom stereocenters. The molecule has 1 saturated carbocycles. The number of nitrogens with zero attached hydrogens (tertiary/aromatic N) is 5. The number of nitrogens with one attached hydrogen (secondary N) is 3. The smallest absolute Gasteiger partial charge is 0.417 e. The number of carbonyl (C=O) groups excluding carboxylic acids is 4. The Labute approximate surface area is 447 Å². The molecule has 4 heterocycles. The molecule has 4 aliphatic rings. The molecule has 4 N–H and O–H groups in total. The lowest BCUT2D eigenvalue weighted by atomic mass is 9.49. The van der Waals surface area contributed by atoms with Crippen LogP contribution in [0.15, 0.2) is 72.2 Å². The highest BCUT2D eigenvalue weighted by Crippen LogP contribution is 2.56. The van der Waals surface area contributed by atoms with Crippen LogP contribution in [0.5, 0.6) is 5.75 Å². The molecule has 0 bridgehead atoms. The predicted molar refractivity (Wildman–Crippen MR) is 282 cm³/mol. The Kier molecular flexibility index (Phi) is 16.2. The second-order valence-electron chi connectivity index (χ2n) is 23.5. The maximum absolute atomic E-state index is 14.3. The molecule has 8 rings (SSSR count). The fraction of sp³-hybridized carbons (Fsp3) is 0.544. The van der Waals surface area contributed by atoms with Gasteiger partial charge in [0, 0.05) is 67.0 Å². The molecule has 1 aromatic heterocycles. The zero-order valence-electron chi connectivity index (χ0n) is 44.8. The first kappa shape index (κ1) is 56.3. The van der Waals surface area contributed by atoms with Gasteiger partial charge in [0.05, 0.1) is 65.2 Å². The Bertz CT molecular complexity index is 2800. The number of rotatable bonds is 16. The molecule has 408 valence electrons. The van der Waals surface area contributed by atoms with E-state index in [0.717, 1.165) is 65.4 Å². The highest BCUT2D eigenvalue weighted by molar-refractivity contribution is 7.13. The predicted octanol–water partition coefficient (Wildman–Crippen LogP) is 7.27. The van der Waals surface area contributed by atoms with Crippen molar-refractivity contribution in [2.75, 3.05) is 59.0 Å². The van der Waals surface area contributed by atoms with Gasteiger partial charge >= 0.3 is 6.18 Å². The van der Waals surface area contributed by atoms with Crippen molar-refractivity contribution in [2.45, 2.75) is 123 Å². The largest absolute Gasteiger partial charge is 0.489 e. The zero-order chi connectivity index (χ0) is 55.1. The second-order valence-corrected chi connectivity index (χ2v) is 24.3. The van der Waals surface area contributed by atoms with Crippen LogP contribution in [0.1, 0.15) is 113 Å². The van der Waals surface area contributed by atoms with E-state index in [1.54, 1.807) is 17.4 Å². The first-order valence-electron chi connectivity index (χ1n) is 26.0. The molecule has 4 aromatic rings. The lowest BCUT2D eigenvalue weighted by Gasteiger charge is -2.63. The fourth-order valence-electron chi connectivity index (χ4n) is 11.8. The summed E-state index contributed by atoms with van der Waals surface area (Å²) in [7, 11) is 0. The highest BCUT2D eigenvalue weighted by Gasteiger charge is 2.64. The monoisotopic (exact) mass is 1070 g/mol. The Balaban J connectivity index is 0.799. The maximum atomic E-state index is 14.3. The summed E-state index contributed by atoms with van der Waals surface area (Å²) in [5.74, 6) is -1.34. The second kappa shape index (κ2) is 21.8. The van der Waals surface area contributed by atoms with Crippen molar-refractivity contribution < 1.29 is 46.9 Å². The van der Waals surface area contributed by atoms with E-state index < -0.39 is 63.7 Å². The van der Waals surface area contributed by atoms with E-state index in [1.807, 2.05) is 116 Å². The van der Waals surface area contributed by atoms with Crippen LogP contribution < -0.4 is 20.7 Å². The average molecular weight is 1070 g/mol. The normalized spacial score (nSPS) is 23.0. The number of halogens is 3. The number of amides is 4. The van der Waals surface area contributed by atoms with Gasteiger partial charge in [0.25, 0.3) is 5.91 Å². The van der Waals surface area contributed by atoms with Crippen LogP contribution >= 0.6 is 11.3 Å². The molecule has 15 nitrogen and oxygen atoms in total. The van der Waals surface area contributed by atoms with Crippen molar-refractivity contribution in [3.8, 4) is 22.3 Å². The third-order valence-electron chi connectivity index (χ3n) is 16.1. The number of β-amino-alcohol motifs (C(OH)–C–C–N with tert-alkyl or cyclic N) is 1. The van der Waals surface area contributed by atoms with Crippen LogP contribution in [0.3, 0.4) is 0 Å². The zero-order valence-corrected chi connectivity index (χ0v) is 45.7. The quantitative estimate of drug-likeness (QED) is 0.0884. The van der Waals surface area contributed by atoms with Crippen molar-refractivity contribution in [3.05, 3.63) is 106 Å². The number of aliphatic hydroxyl groups excluding tert-OH is 1. The Morgan fingerprint density at radius 2 is 1.58 bits per heavy atom. The SMILES string of the molecule is Cc1ncsc1-c1ccc([C@H](C)NC(=O)[C@@H]2C[C@@H](O)CN2C(=O)C(NC(=O)CN2CCN(CCC3(c4ccc(C(=O)NC5C(C)(C)C(Oc6ccc(C#N)c(C(F)(F)F)c6)C5(C)C)cc4)COC3)CC2)C(C)(C)C)cc1. The summed E-state index contributed by atoms with van der Waals surface area (Å²) in [5.41, 5.74) is 2.51. The fourth-order valence-corrected chi connectivity index (χ4v) is 12.6. The molecule has 76 heavy (non-hydrogen) atoms. The first-order valence-corrected chi connectivity index (χ1v) is 26.9. The van der Waals surface area contributed by atoms with Gasteiger partial charge in [-0.05, 0) is 79.3 Å². The van der Waals surface area contributed by atoms with Crippen molar-refractivity contribution in [1.29, 1.82) is 5.26 Å². The van der Waals surface area contributed by atoms with Gasteiger partial charge in [-0.25, -0.2) is 4.98 Å². The molecule has 1 aliphatic carbocycles. The number of aliphatic hydroxyl groups is 1. The molecular weight excluding hydrogens is 998 g/mol. The van der Waals surface area contributed by atoms with Gasteiger partial charge in [-0.2, -0.15) is 18.4 Å². The van der Waals surface area contributed by atoms with Gasteiger partial charge < -0.3 is 40.3 Å². The molecule has 3 aromatic carbocycles. The summed E-state index contributed by atoms with van der Waals surface area (Å²) in [4.78, 5) is 66.8. The van der Waals surface area contributed by atoms with Gasteiger partial charge in [0.1, 0.15) is 23.9 Å². The lowest BCUT2D eigenvalue weighted by molar-refractivity contribution is -0.164. The first-order chi connectivity index (χ1) is 35.7. The van der Waals surface area contributed by atoms with E-state index in [0.29, 0.717) is 31.9 Å². The number of hydrogen-bond donors (Lipinski definition) is 4. The standard InChI is InChI=1S/C57H71F3N8O7S/c1-34(36-10-12-37(13-11-36)46-35(2)62-33-76-46)63-49(72)44-26-41(69)29-68(44)50(73)47(53(3,4)5)64-45(70)30-67-24-22-66(23-25-67)21-20-56(31-74-32-56)40-17-14-38(15-18-40)48(71)65-51-54(6,7)52(55(51,8)9)75-42-19-16-39(28-61)43(27-42)57(58,59)60/h10-19,27,33-34,41,44,47,51-52,69H,20-26,29-32H2,1-9H3,(H,63,72)(H,64,70)(H,65,71)/t34-,41+,44-,47?,51?,52?/m0/s1. The van der Waals surface area contributed by atoms with Gasteiger partial charge in [-0.15, -0.1) is 11.3 Å². The van der Waals surface area contributed by atoms with Gasteiger partial charge in [-0.3, -0.25) is 24.1 Å². The third-order valence-corrected chi connectivity index (χ3v) is 17.1. The number of nitriles is 1. The summed E-state index contributed by atoms with van der Waals surface area (Å²) in [6.07, 6.45) is -5.22. The minimum atomic E-state index is -4.72. The van der Waals surface area contributed by atoms with Gasteiger partial charge in [0.2, 0.25) is 17.7 Å². The Morgan fingerprint density at radius 1 is 0.934 bits per heavy atom. The van der Waals surface area contributed by atoms with E-state index in [2.05, 4.69) is 30.7 Å². The Hall–Kier alpha value is -5.91. The van der Waals surface area contributed by atoms with Crippen LogP contribution in [0.4, 0.5) is 13.2 Å². The van der Waals surface area contributed by atoms with E-state index in [9.17, 15) is 42.7 Å². The topological polar surface area (TPSA) is 189 Å². The molecule has 3 saturated heterocycles. The number of ether oxygens (including phenoxy) is 2. The number of thiazole rings is 1. The maximum Gasteiger partial charge on any atom is 0.417 e. The molecule has 4 atom stereocenters. The van der Waals surface area contributed by atoms with E-state index in [1.165, 1.54) is 11.0 Å². The number of likely N-dealkylation sites (tertiary alicyclic amines) is 1. The van der Waals surface area contributed by atoms with Gasteiger partial charge in [0.15, 0.2) is 0 Å². The summed E-state index contributed by atoms with van der Waals surface area (Å²) in [6.45, 7) is 21.9. The van der Waals surface area contributed by atoms with Crippen LogP contribution in [0.2, 0.25) is 0 Å². The van der Waals surface area contributed by atoms with Crippen LogP contribution in [-0.4, -0.2) is 138 Å². The number of hydrogen-bond acceptors (Lipinski definition) is 12. The molecule has 19 heteroatoms. The number of carbonyl (C=O) groups is 4. The molecular formula is C57H71F3N8O7S. The third kappa shape index (κ3) is 11.8. The number of aromatic nitrogens is 1. The average Bonchev–Trinajstić information content (AvgIpc) is 3.98. The van der Waals surface area contributed by atoms with Crippen LogP contribution in [-0.2, 0) is 30.7 Å². The van der Waals surface area contributed by atoms with Crippen molar-refractivity contribution >= 4 is 35.0 Å². The summed E-state index contributed by atoms with van der Waals surface area (Å²) >= 11 is 1.57. The van der Waals surface area contributed by atoms with Crippen molar-refractivity contribution in [2.24, 2.45) is 16.2 Å². The molecule has 0 radical (unpaired) electrons. The minimum absolute atomic E-state index is 0.00234. The van der Waals surface area contributed by atoms with E-state index in [4.69, 9.17) is 9.47 Å². The van der Waals surface area contributed by atoms with Crippen molar-refractivity contribution in [1.82, 2.24) is 35.6 Å². The summed E-state index contributed by atoms with van der Waals surface area (Å²) in [5, 5.41) is 29.2. The van der Waals surface area contributed by atoms with Crippen LogP contribution in [0.25, 0.3) is 10.4 Å². The number of benzene rings is 3. The molecule has 3 aliphatic heterocycles. The molecule has 0 spiro atoms. The number of alkyl halides is 3. The summed E-state index contributed by atoms with van der Waals surface area (Å²) in [6, 6.07) is 17.9. The Morgan fingerprint density at radius 3 is 2.14 bits per heavy atom.